The standard InChI is InChI=1S/C16H27NO4/c1-9-10(2)21-11(3)14(9)15(18)17-8-12-4-6-13(7-5-12)16(19)20/h9-14H,4-8H2,1-3H3,(H,17,18)(H,19,20). The summed E-state index contributed by atoms with van der Waals surface area (Å²) in [6, 6.07) is 0. The van der Waals surface area contributed by atoms with E-state index < -0.39 is 5.97 Å². The molecule has 2 fully saturated rings. The number of amides is 1. The predicted molar refractivity (Wildman–Crippen MR) is 78.8 cm³/mol. The molecule has 5 nitrogen and oxygen atoms in total. The first-order valence-electron chi connectivity index (χ1n) is 8.06. The summed E-state index contributed by atoms with van der Waals surface area (Å²) in [6.07, 6.45) is 3.33. The smallest absolute Gasteiger partial charge is 0.306 e. The summed E-state index contributed by atoms with van der Waals surface area (Å²) in [4.78, 5) is 23.3. The Bertz CT molecular complexity index is 390. The molecule has 0 aromatic rings. The van der Waals surface area contributed by atoms with Crippen LogP contribution in [0.3, 0.4) is 0 Å². The van der Waals surface area contributed by atoms with Crippen molar-refractivity contribution in [3.05, 3.63) is 0 Å². The van der Waals surface area contributed by atoms with E-state index >= 15 is 0 Å². The van der Waals surface area contributed by atoms with E-state index in [1.807, 2.05) is 13.8 Å². The molecule has 2 rings (SSSR count). The molecule has 120 valence electrons. The van der Waals surface area contributed by atoms with Crippen molar-refractivity contribution < 1.29 is 19.4 Å². The molecule has 0 radical (unpaired) electrons. The number of carboxylic acid groups (broad SMARTS) is 1. The highest BCUT2D eigenvalue weighted by molar-refractivity contribution is 5.79. The lowest BCUT2D eigenvalue weighted by molar-refractivity contribution is -0.143. The van der Waals surface area contributed by atoms with Gasteiger partial charge < -0.3 is 15.2 Å². The summed E-state index contributed by atoms with van der Waals surface area (Å²) in [6.45, 7) is 6.70. The van der Waals surface area contributed by atoms with E-state index in [0.717, 1.165) is 25.7 Å². The highest BCUT2D eigenvalue weighted by Gasteiger charge is 2.41. The van der Waals surface area contributed by atoms with Crippen molar-refractivity contribution in [1.29, 1.82) is 0 Å². The summed E-state index contributed by atoms with van der Waals surface area (Å²) in [5, 5.41) is 12.0. The second-order valence-electron chi connectivity index (χ2n) is 6.73. The summed E-state index contributed by atoms with van der Waals surface area (Å²) in [5.74, 6) is -0.217. The van der Waals surface area contributed by atoms with E-state index in [0.29, 0.717) is 12.5 Å². The maximum atomic E-state index is 12.3. The van der Waals surface area contributed by atoms with Crippen LogP contribution in [0.4, 0.5) is 0 Å². The molecule has 21 heavy (non-hydrogen) atoms. The van der Waals surface area contributed by atoms with E-state index in [2.05, 4.69) is 12.2 Å². The lowest BCUT2D eigenvalue weighted by Gasteiger charge is -2.27. The van der Waals surface area contributed by atoms with Crippen LogP contribution < -0.4 is 5.32 Å². The molecule has 0 aromatic heterocycles. The molecule has 2 aliphatic rings. The van der Waals surface area contributed by atoms with E-state index in [9.17, 15) is 9.59 Å². The summed E-state index contributed by atoms with van der Waals surface area (Å²) >= 11 is 0. The largest absolute Gasteiger partial charge is 0.481 e. The molecular weight excluding hydrogens is 270 g/mol. The minimum absolute atomic E-state index is 0.0299. The van der Waals surface area contributed by atoms with Crippen molar-refractivity contribution in [3.8, 4) is 0 Å². The molecule has 0 spiro atoms. The number of hydrogen-bond acceptors (Lipinski definition) is 3. The van der Waals surface area contributed by atoms with Gasteiger partial charge in [-0.05, 0) is 51.4 Å². The van der Waals surface area contributed by atoms with Gasteiger partial charge in [0.15, 0.2) is 0 Å². The van der Waals surface area contributed by atoms with Gasteiger partial charge in [0.1, 0.15) is 0 Å². The Morgan fingerprint density at radius 3 is 2.19 bits per heavy atom. The van der Waals surface area contributed by atoms with E-state index in [4.69, 9.17) is 9.84 Å². The van der Waals surface area contributed by atoms with Crippen LogP contribution in [0.25, 0.3) is 0 Å². The lowest BCUT2D eigenvalue weighted by atomic mass is 9.82. The summed E-state index contributed by atoms with van der Waals surface area (Å²) in [5.41, 5.74) is 0. The average molecular weight is 297 g/mol. The fraction of sp³-hybridized carbons (Fsp3) is 0.875. The van der Waals surface area contributed by atoms with E-state index in [1.54, 1.807) is 0 Å². The first-order chi connectivity index (χ1) is 9.90. The van der Waals surface area contributed by atoms with Crippen molar-refractivity contribution in [2.75, 3.05) is 6.54 Å². The van der Waals surface area contributed by atoms with Crippen molar-refractivity contribution in [2.24, 2.45) is 23.7 Å². The zero-order valence-corrected chi connectivity index (χ0v) is 13.2. The van der Waals surface area contributed by atoms with Crippen LogP contribution in [0, 0.1) is 23.7 Å². The van der Waals surface area contributed by atoms with Gasteiger partial charge in [0.25, 0.3) is 0 Å². The molecule has 1 heterocycles. The maximum absolute atomic E-state index is 12.3. The number of hydrogen-bond donors (Lipinski definition) is 2. The van der Waals surface area contributed by atoms with Crippen LogP contribution in [-0.2, 0) is 14.3 Å². The Hall–Kier alpha value is -1.10. The Kier molecular flexibility index (Phi) is 5.25. The molecular formula is C16H27NO4. The zero-order valence-electron chi connectivity index (χ0n) is 13.2. The number of nitrogens with one attached hydrogen (secondary N) is 1. The van der Waals surface area contributed by atoms with Crippen LogP contribution in [0.1, 0.15) is 46.5 Å². The fourth-order valence-corrected chi connectivity index (χ4v) is 3.69. The van der Waals surface area contributed by atoms with Gasteiger partial charge in [-0.1, -0.05) is 6.92 Å². The highest BCUT2D eigenvalue weighted by Crippen LogP contribution is 2.33. The number of rotatable bonds is 4. The van der Waals surface area contributed by atoms with Crippen molar-refractivity contribution in [2.45, 2.75) is 58.7 Å². The Morgan fingerprint density at radius 1 is 1.10 bits per heavy atom. The normalized spacial score (nSPS) is 40.0. The third-order valence-electron chi connectivity index (χ3n) is 5.31. The molecule has 1 saturated carbocycles. The molecule has 1 saturated heterocycles. The maximum Gasteiger partial charge on any atom is 0.306 e. The number of ether oxygens (including phenoxy) is 1. The zero-order chi connectivity index (χ0) is 15.6. The molecule has 1 aliphatic heterocycles. The van der Waals surface area contributed by atoms with Gasteiger partial charge in [-0.15, -0.1) is 0 Å². The second-order valence-corrected chi connectivity index (χ2v) is 6.73. The molecule has 0 aromatic carbocycles. The van der Waals surface area contributed by atoms with Crippen molar-refractivity contribution in [3.63, 3.8) is 0 Å². The van der Waals surface area contributed by atoms with Crippen LogP contribution in [0.5, 0.6) is 0 Å². The minimum Gasteiger partial charge on any atom is -0.481 e. The molecule has 4 atom stereocenters. The molecule has 0 bridgehead atoms. The second kappa shape index (κ2) is 6.77. The van der Waals surface area contributed by atoms with E-state index in [1.165, 1.54) is 0 Å². The van der Waals surface area contributed by atoms with Crippen LogP contribution in [0.2, 0.25) is 0 Å². The van der Waals surface area contributed by atoms with Gasteiger partial charge in [-0.3, -0.25) is 9.59 Å². The SMILES string of the molecule is CC1OC(C)C(C(=O)NCC2CCC(C(=O)O)CC2)C1C. The molecule has 2 N–H and O–H groups in total. The number of carbonyl (C=O) groups is 2. The molecule has 1 amide bonds. The van der Waals surface area contributed by atoms with Gasteiger partial charge in [0.2, 0.25) is 5.91 Å². The number of carboxylic acids is 1. The third-order valence-corrected chi connectivity index (χ3v) is 5.31. The van der Waals surface area contributed by atoms with Gasteiger partial charge in [-0.2, -0.15) is 0 Å². The van der Waals surface area contributed by atoms with Gasteiger partial charge in [-0.25, -0.2) is 0 Å². The quantitative estimate of drug-likeness (QED) is 0.833. The lowest BCUT2D eigenvalue weighted by Crippen LogP contribution is -2.40. The molecule has 5 heteroatoms. The summed E-state index contributed by atoms with van der Waals surface area (Å²) in [7, 11) is 0. The van der Waals surface area contributed by atoms with Crippen LogP contribution >= 0.6 is 0 Å². The minimum atomic E-state index is -0.683. The Labute approximate surface area is 126 Å². The summed E-state index contributed by atoms with van der Waals surface area (Å²) < 4.78 is 5.71. The monoisotopic (exact) mass is 297 g/mol. The van der Waals surface area contributed by atoms with Crippen LogP contribution in [-0.4, -0.2) is 35.7 Å². The van der Waals surface area contributed by atoms with Crippen molar-refractivity contribution >= 4 is 11.9 Å². The van der Waals surface area contributed by atoms with Crippen LogP contribution in [0.15, 0.2) is 0 Å². The molecule has 4 unspecified atom stereocenters. The first-order valence-corrected chi connectivity index (χ1v) is 8.06. The van der Waals surface area contributed by atoms with Gasteiger partial charge >= 0.3 is 5.97 Å². The predicted octanol–water partition coefficient (Wildman–Crippen LogP) is 2.05. The average Bonchev–Trinajstić information content (AvgIpc) is 2.70. The van der Waals surface area contributed by atoms with Gasteiger partial charge in [0, 0.05) is 6.54 Å². The van der Waals surface area contributed by atoms with Crippen molar-refractivity contribution in [1.82, 2.24) is 5.32 Å². The van der Waals surface area contributed by atoms with Gasteiger partial charge in [0.05, 0.1) is 24.0 Å². The number of carbonyl (C=O) groups excluding carboxylic acids is 1. The Balaban J connectivity index is 1.76. The third kappa shape index (κ3) is 3.76. The number of aliphatic carboxylic acids is 1. The fourth-order valence-electron chi connectivity index (χ4n) is 3.69. The molecule has 1 aliphatic carbocycles. The Morgan fingerprint density at radius 2 is 1.71 bits per heavy atom. The van der Waals surface area contributed by atoms with E-state index in [-0.39, 0.29) is 35.9 Å². The highest BCUT2D eigenvalue weighted by atomic mass is 16.5. The first kappa shape index (κ1) is 16.3. The topological polar surface area (TPSA) is 75.6 Å².